The van der Waals surface area contributed by atoms with Crippen molar-refractivity contribution in [1.82, 2.24) is 4.98 Å². The maximum absolute atomic E-state index is 13.4. The lowest BCUT2D eigenvalue weighted by atomic mass is 9.64. The summed E-state index contributed by atoms with van der Waals surface area (Å²) in [6.07, 6.45) is 5.88. The quantitative estimate of drug-likeness (QED) is 0.529. The van der Waals surface area contributed by atoms with Crippen molar-refractivity contribution in [2.45, 2.75) is 11.3 Å². The van der Waals surface area contributed by atoms with Crippen LogP contribution in [-0.2, 0) is 10.2 Å². The Morgan fingerprint density at radius 3 is 2.00 bits per heavy atom. The van der Waals surface area contributed by atoms with Gasteiger partial charge in [-0.2, -0.15) is 0 Å². The van der Waals surface area contributed by atoms with Crippen molar-refractivity contribution >= 4 is 16.7 Å². The molecule has 27 heavy (non-hydrogen) atoms. The molecule has 5 rings (SSSR count). The van der Waals surface area contributed by atoms with E-state index in [1.165, 1.54) is 0 Å². The summed E-state index contributed by atoms with van der Waals surface area (Å²) in [5.41, 5.74) is 3.56. The van der Waals surface area contributed by atoms with Crippen molar-refractivity contribution in [3.8, 4) is 0 Å². The van der Waals surface area contributed by atoms with Gasteiger partial charge in [0.05, 0.1) is 5.41 Å². The Hall–Kier alpha value is -3.39. The first-order valence-electron chi connectivity index (χ1n) is 9.21. The van der Waals surface area contributed by atoms with E-state index in [0.29, 0.717) is 0 Å². The number of benzene rings is 3. The zero-order valence-corrected chi connectivity index (χ0v) is 14.8. The summed E-state index contributed by atoms with van der Waals surface area (Å²) < 4.78 is 0. The predicted octanol–water partition coefficient (Wildman–Crippen LogP) is 5.38. The third kappa shape index (κ3) is 2.23. The highest BCUT2D eigenvalue weighted by Crippen LogP contribution is 2.51. The highest BCUT2D eigenvalue weighted by atomic mass is 16.1. The number of nitrogens with one attached hydrogen (secondary N) is 1. The number of ketones is 1. The third-order valence-electron chi connectivity index (χ3n) is 5.71. The number of para-hydroxylation sites is 1. The third-order valence-corrected chi connectivity index (χ3v) is 5.71. The lowest BCUT2D eigenvalue weighted by Gasteiger charge is -2.35. The Bertz CT molecular complexity index is 1100. The molecule has 1 heterocycles. The molecule has 0 saturated heterocycles. The number of aromatic amines is 1. The van der Waals surface area contributed by atoms with Crippen molar-refractivity contribution < 1.29 is 4.79 Å². The molecule has 0 bridgehead atoms. The molecule has 130 valence electrons. The number of allylic oxidation sites excluding steroid dienone is 2. The van der Waals surface area contributed by atoms with E-state index in [9.17, 15) is 4.79 Å². The van der Waals surface area contributed by atoms with Gasteiger partial charge in [-0.1, -0.05) is 84.9 Å². The molecule has 2 nitrogen and oxygen atoms in total. The number of carbonyl (C=O) groups excluding carboxylic acids is 1. The lowest BCUT2D eigenvalue weighted by Crippen LogP contribution is -2.38. The van der Waals surface area contributed by atoms with Crippen LogP contribution in [0.5, 0.6) is 0 Å². The Labute approximate surface area is 158 Å². The molecule has 1 aromatic heterocycles. The van der Waals surface area contributed by atoms with Gasteiger partial charge in [-0.05, 0) is 28.8 Å². The number of fused-ring (bicyclic) bond motifs is 1. The van der Waals surface area contributed by atoms with E-state index in [-0.39, 0.29) is 11.7 Å². The topological polar surface area (TPSA) is 32.9 Å². The van der Waals surface area contributed by atoms with Crippen LogP contribution in [0.2, 0.25) is 0 Å². The van der Waals surface area contributed by atoms with E-state index in [0.717, 1.165) is 27.6 Å². The van der Waals surface area contributed by atoms with E-state index in [4.69, 9.17) is 0 Å². The smallest absolute Gasteiger partial charge is 0.171 e. The summed E-state index contributed by atoms with van der Waals surface area (Å²) in [6, 6.07) is 28.6. The van der Waals surface area contributed by atoms with E-state index >= 15 is 0 Å². The molecule has 1 aliphatic carbocycles. The van der Waals surface area contributed by atoms with Gasteiger partial charge in [0, 0.05) is 23.0 Å². The van der Waals surface area contributed by atoms with Gasteiger partial charge in [0.15, 0.2) is 5.78 Å². The van der Waals surface area contributed by atoms with Crippen LogP contribution in [0, 0.1) is 0 Å². The Morgan fingerprint density at radius 1 is 0.741 bits per heavy atom. The zero-order chi connectivity index (χ0) is 18.3. The Balaban J connectivity index is 1.82. The summed E-state index contributed by atoms with van der Waals surface area (Å²) in [5, 5.41) is 1.16. The standard InChI is InChI=1S/C25H19NO/c27-24-16-15-22(21-17-26-23-14-8-7-13-20(21)23)25(24,18-9-3-1-4-10-18)19-11-5-2-6-12-19/h1-17,22,26H. The molecule has 0 radical (unpaired) electrons. The zero-order valence-electron chi connectivity index (χ0n) is 14.8. The fraction of sp³-hybridized carbons (Fsp3) is 0.0800. The molecule has 1 N–H and O–H groups in total. The second kappa shape index (κ2) is 6.10. The number of aromatic nitrogens is 1. The molecule has 0 fully saturated rings. The van der Waals surface area contributed by atoms with Crippen LogP contribution in [0.4, 0.5) is 0 Å². The maximum atomic E-state index is 13.4. The first kappa shape index (κ1) is 15.8. The Morgan fingerprint density at radius 2 is 1.33 bits per heavy atom. The molecule has 1 aliphatic rings. The number of rotatable bonds is 3. The molecule has 0 amide bonds. The summed E-state index contributed by atoms with van der Waals surface area (Å²) in [7, 11) is 0. The van der Waals surface area contributed by atoms with Crippen molar-refractivity contribution in [1.29, 1.82) is 0 Å². The fourth-order valence-corrected chi connectivity index (χ4v) is 4.51. The molecule has 0 saturated carbocycles. The van der Waals surface area contributed by atoms with Crippen molar-refractivity contribution in [2.24, 2.45) is 0 Å². The van der Waals surface area contributed by atoms with E-state index in [2.05, 4.69) is 53.7 Å². The second-order valence-electron chi connectivity index (χ2n) is 7.03. The predicted molar refractivity (Wildman–Crippen MR) is 109 cm³/mol. The van der Waals surface area contributed by atoms with Gasteiger partial charge in [-0.3, -0.25) is 4.79 Å². The van der Waals surface area contributed by atoms with Crippen LogP contribution < -0.4 is 0 Å². The van der Waals surface area contributed by atoms with Crippen LogP contribution in [0.15, 0.2) is 103 Å². The van der Waals surface area contributed by atoms with Gasteiger partial charge in [0.2, 0.25) is 0 Å². The van der Waals surface area contributed by atoms with Gasteiger partial charge in [0.1, 0.15) is 0 Å². The molecule has 3 aromatic carbocycles. The number of H-pyrrole nitrogens is 1. The molecule has 0 aliphatic heterocycles. The summed E-state index contributed by atoms with van der Waals surface area (Å²) in [4.78, 5) is 16.8. The van der Waals surface area contributed by atoms with E-state index < -0.39 is 5.41 Å². The van der Waals surface area contributed by atoms with Crippen LogP contribution in [-0.4, -0.2) is 10.8 Å². The van der Waals surface area contributed by atoms with Crippen molar-refractivity contribution in [3.05, 3.63) is 120 Å². The highest BCUT2D eigenvalue weighted by molar-refractivity contribution is 6.06. The molecule has 0 spiro atoms. The van der Waals surface area contributed by atoms with Gasteiger partial charge >= 0.3 is 0 Å². The Kier molecular flexibility index (Phi) is 3.58. The fourth-order valence-electron chi connectivity index (χ4n) is 4.51. The summed E-state index contributed by atoms with van der Waals surface area (Å²) >= 11 is 0. The normalized spacial score (nSPS) is 18.2. The molecule has 1 atom stereocenters. The first-order chi connectivity index (χ1) is 13.3. The monoisotopic (exact) mass is 349 g/mol. The maximum Gasteiger partial charge on any atom is 0.171 e. The van der Waals surface area contributed by atoms with Crippen LogP contribution >= 0.6 is 0 Å². The van der Waals surface area contributed by atoms with Crippen molar-refractivity contribution in [2.75, 3.05) is 0 Å². The van der Waals surface area contributed by atoms with Gasteiger partial charge in [-0.25, -0.2) is 0 Å². The molecular weight excluding hydrogens is 330 g/mol. The molecule has 1 unspecified atom stereocenters. The van der Waals surface area contributed by atoms with Crippen LogP contribution in [0.25, 0.3) is 10.9 Å². The second-order valence-corrected chi connectivity index (χ2v) is 7.03. The molecule has 4 aromatic rings. The van der Waals surface area contributed by atoms with Crippen molar-refractivity contribution in [3.63, 3.8) is 0 Å². The average molecular weight is 349 g/mol. The van der Waals surface area contributed by atoms with Gasteiger partial charge in [-0.15, -0.1) is 0 Å². The average Bonchev–Trinajstić information content (AvgIpc) is 3.30. The molecular formula is C25H19NO. The minimum absolute atomic E-state index is 0.0639. The van der Waals surface area contributed by atoms with Gasteiger partial charge in [0.25, 0.3) is 0 Å². The van der Waals surface area contributed by atoms with E-state index in [1.54, 1.807) is 6.08 Å². The number of hydrogen-bond acceptors (Lipinski definition) is 1. The summed E-state index contributed by atoms with van der Waals surface area (Å²) in [6.45, 7) is 0. The van der Waals surface area contributed by atoms with Gasteiger partial charge < -0.3 is 4.98 Å². The number of hydrogen-bond donors (Lipinski definition) is 1. The SMILES string of the molecule is O=C1C=CC(c2c[nH]c3ccccc23)C1(c1ccccc1)c1ccccc1. The minimum atomic E-state index is -0.743. The largest absolute Gasteiger partial charge is 0.361 e. The van der Waals surface area contributed by atoms with Crippen LogP contribution in [0.1, 0.15) is 22.6 Å². The molecule has 2 heteroatoms. The minimum Gasteiger partial charge on any atom is -0.361 e. The number of carbonyl (C=O) groups is 1. The summed E-state index contributed by atoms with van der Waals surface area (Å²) in [5.74, 6) is 0.0705. The highest BCUT2D eigenvalue weighted by Gasteiger charge is 2.50. The van der Waals surface area contributed by atoms with E-state index in [1.807, 2.05) is 48.5 Å². The first-order valence-corrected chi connectivity index (χ1v) is 9.21. The lowest BCUT2D eigenvalue weighted by molar-refractivity contribution is -0.118. The van der Waals surface area contributed by atoms with Crippen LogP contribution in [0.3, 0.4) is 0 Å².